The number of hydrogen-bond acceptors (Lipinski definition) is 4. The van der Waals surface area contributed by atoms with Crippen molar-refractivity contribution in [2.45, 2.75) is 116 Å². The van der Waals surface area contributed by atoms with Crippen LogP contribution in [0.15, 0.2) is 11.1 Å². The van der Waals surface area contributed by atoms with E-state index in [2.05, 4.69) is 0 Å². The largest absolute Gasteiger partial charge is 0.478 e. The lowest BCUT2D eigenvalue weighted by Gasteiger charge is -2.09. The quantitative estimate of drug-likeness (QED) is 0.134. The first-order valence-electron chi connectivity index (χ1n) is 11.9. The number of carboxylic acids is 2. The molecule has 4 N–H and O–H groups in total. The van der Waals surface area contributed by atoms with Crippen molar-refractivity contribution in [1.29, 1.82) is 0 Å². The summed E-state index contributed by atoms with van der Waals surface area (Å²) in [7, 11) is 0. The number of aliphatic hydroxyl groups excluding tert-OH is 2. The summed E-state index contributed by atoms with van der Waals surface area (Å²) in [5, 5.41) is 36.5. The third kappa shape index (κ3) is 16.4. The van der Waals surface area contributed by atoms with Crippen molar-refractivity contribution >= 4 is 11.9 Å². The van der Waals surface area contributed by atoms with E-state index >= 15 is 0 Å². The van der Waals surface area contributed by atoms with Gasteiger partial charge < -0.3 is 20.4 Å². The molecule has 0 saturated carbocycles. The molecule has 0 heterocycles. The zero-order valence-corrected chi connectivity index (χ0v) is 18.7. The highest BCUT2D eigenvalue weighted by Gasteiger charge is 2.19. The molecule has 0 atom stereocenters. The van der Waals surface area contributed by atoms with E-state index in [-0.39, 0.29) is 24.4 Å². The number of aliphatic carboxylic acids is 2. The Kier molecular flexibility index (Phi) is 19.9. The third-order valence-corrected chi connectivity index (χ3v) is 5.55. The third-order valence-electron chi connectivity index (χ3n) is 5.55. The van der Waals surface area contributed by atoms with Crippen LogP contribution >= 0.6 is 0 Å². The normalized spacial score (nSPS) is 12.1. The second-order valence-electron chi connectivity index (χ2n) is 8.17. The van der Waals surface area contributed by atoms with Crippen LogP contribution in [0.1, 0.15) is 116 Å². The van der Waals surface area contributed by atoms with Gasteiger partial charge in [-0.2, -0.15) is 0 Å². The molecular formula is C24H44O6. The van der Waals surface area contributed by atoms with E-state index in [9.17, 15) is 19.8 Å². The number of carboxylic acid groups (broad SMARTS) is 2. The molecule has 0 fully saturated rings. The topological polar surface area (TPSA) is 115 Å². The Labute approximate surface area is 182 Å². The Morgan fingerprint density at radius 1 is 0.400 bits per heavy atom. The number of carbonyl (C=O) groups is 2. The fraction of sp³-hybridized carbons (Fsp3) is 0.833. The van der Waals surface area contributed by atoms with Crippen molar-refractivity contribution in [2.24, 2.45) is 0 Å². The van der Waals surface area contributed by atoms with E-state index < -0.39 is 11.9 Å². The van der Waals surface area contributed by atoms with Gasteiger partial charge in [0.15, 0.2) is 0 Å². The van der Waals surface area contributed by atoms with Gasteiger partial charge in [-0.1, -0.05) is 77.0 Å². The van der Waals surface area contributed by atoms with Crippen LogP contribution in [-0.4, -0.2) is 45.6 Å². The lowest BCUT2D eigenvalue weighted by Crippen LogP contribution is -2.12. The monoisotopic (exact) mass is 428 g/mol. The summed E-state index contributed by atoms with van der Waals surface area (Å²) in [5.41, 5.74) is 0.156. The Morgan fingerprint density at radius 2 is 0.633 bits per heavy atom. The van der Waals surface area contributed by atoms with E-state index in [4.69, 9.17) is 10.2 Å². The second-order valence-corrected chi connectivity index (χ2v) is 8.17. The molecular weight excluding hydrogens is 384 g/mol. The summed E-state index contributed by atoms with van der Waals surface area (Å²) < 4.78 is 0. The average Bonchev–Trinajstić information content (AvgIpc) is 2.71. The molecule has 0 radical (unpaired) electrons. The van der Waals surface area contributed by atoms with Gasteiger partial charge in [0.2, 0.25) is 0 Å². The Bertz CT molecular complexity index is 430. The molecule has 0 aromatic rings. The molecule has 30 heavy (non-hydrogen) atoms. The van der Waals surface area contributed by atoms with E-state index in [0.29, 0.717) is 25.7 Å². The van der Waals surface area contributed by atoms with Gasteiger partial charge in [0.25, 0.3) is 0 Å². The fourth-order valence-corrected chi connectivity index (χ4v) is 3.72. The molecule has 6 nitrogen and oxygen atoms in total. The van der Waals surface area contributed by atoms with Gasteiger partial charge in [0, 0.05) is 24.4 Å². The van der Waals surface area contributed by atoms with Crippen LogP contribution in [0.2, 0.25) is 0 Å². The summed E-state index contributed by atoms with van der Waals surface area (Å²) in [5.74, 6) is -2.19. The molecule has 176 valence electrons. The number of aliphatic hydroxyl groups is 2. The molecule has 0 amide bonds. The highest BCUT2D eigenvalue weighted by Crippen LogP contribution is 2.21. The van der Waals surface area contributed by atoms with E-state index in [1.165, 1.54) is 0 Å². The minimum Gasteiger partial charge on any atom is -0.478 e. The Balaban J connectivity index is 4.18. The molecule has 0 rings (SSSR count). The van der Waals surface area contributed by atoms with Crippen LogP contribution < -0.4 is 0 Å². The first-order valence-corrected chi connectivity index (χ1v) is 11.9. The zero-order valence-electron chi connectivity index (χ0n) is 18.7. The molecule has 0 saturated heterocycles. The van der Waals surface area contributed by atoms with Crippen LogP contribution in [0.5, 0.6) is 0 Å². The highest BCUT2D eigenvalue weighted by molar-refractivity contribution is 5.98. The minimum atomic E-state index is -1.10. The van der Waals surface area contributed by atoms with Gasteiger partial charge >= 0.3 is 11.9 Å². The minimum absolute atomic E-state index is 0.0782. The van der Waals surface area contributed by atoms with E-state index in [1.807, 2.05) is 0 Å². The molecule has 0 unspecified atom stereocenters. The van der Waals surface area contributed by atoms with E-state index in [1.54, 1.807) is 0 Å². The maximum absolute atomic E-state index is 11.6. The maximum atomic E-state index is 11.6. The smallest absolute Gasteiger partial charge is 0.332 e. The highest BCUT2D eigenvalue weighted by atomic mass is 16.4. The number of hydrogen-bond donors (Lipinski definition) is 4. The Morgan fingerprint density at radius 3 is 0.867 bits per heavy atom. The molecule has 0 bridgehead atoms. The van der Waals surface area contributed by atoms with E-state index in [0.717, 1.165) is 89.9 Å². The molecule has 0 aliphatic rings. The van der Waals surface area contributed by atoms with Crippen molar-refractivity contribution in [3.05, 3.63) is 11.1 Å². The van der Waals surface area contributed by atoms with Crippen molar-refractivity contribution in [1.82, 2.24) is 0 Å². The second kappa shape index (κ2) is 20.9. The predicted octanol–water partition coefficient (Wildman–Crippen LogP) is 5.46. The molecule has 0 aromatic carbocycles. The first kappa shape index (κ1) is 28.6. The van der Waals surface area contributed by atoms with Crippen molar-refractivity contribution in [3.8, 4) is 0 Å². The lowest BCUT2D eigenvalue weighted by molar-refractivity contribution is -0.136. The lowest BCUT2D eigenvalue weighted by atomic mass is 9.96. The van der Waals surface area contributed by atoms with Gasteiger partial charge in [-0.15, -0.1) is 0 Å². The van der Waals surface area contributed by atoms with Crippen LogP contribution in [0.3, 0.4) is 0 Å². The summed E-state index contributed by atoms with van der Waals surface area (Å²) in [4.78, 5) is 23.2. The van der Waals surface area contributed by atoms with Crippen LogP contribution in [-0.2, 0) is 9.59 Å². The van der Waals surface area contributed by atoms with Crippen LogP contribution in [0.25, 0.3) is 0 Å². The standard InChI is InChI=1S/C24H44O6/c25-19-15-11-7-3-1-5-9-13-17-21(23(27)28)22(24(29)30)18-14-10-6-2-4-8-12-16-20-26/h25-26H,1-20H2,(H,27,28)(H,29,30)/b22-21+. The number of rotatable bonds is 22. The summed E-state index contributed by atoms with van der Waals surface area (Å²) >= 11 is 0. The predicted molar refractivity (Wildman–Crippen MR) is 120 cm³/mol. The van der Waals surface area contributed by atoms with Gasteiger partial charge in [0.1, 0.15) is 0 Å². The van der Waals surface area contributed by atoms with Crippen molar-refractivity contribution in [2.75, 3.05) is 13.2 Å². The molecule has 0 aliphatic heterocycles. The SMILES string of the molecule is O=C(O)/C(CCCCCCCCCCO)=C(\CCCCCCCCCCO)C(=O)O. The summed E-state index contributed by atoms with van der Waals surface area (Å²) in [6, 6.07) is 0. The van der Waals surface area contributed by atoms with Gasteiger partial charge in [0.05, 0.1) is 0 Å². The number of unbranched alkanes of at least 4 members (excludes halogenated alkanes) is 14. The van der Waals surface area contributed by atoms with Crippen molar-refractivity contribution < 1.29 is 30.0 Å². The van der Waals surface area contributed by atoms with Gasteiger partial charge in [-0.3, -0.25) is 0 Å². The summed E-state index contributed by atoms with van der Waals surface area (Å²) in [6.07, 6.45) is 16.5. The maximum Gasteiger partial charge on any atom is 0.332 e. The molecule has 0 spiro atoms. The molecule has 6 heteroatoms. The average molecular weight is 429 g/mol. The van der Waals surface area contributed by atoms with Gasteiger partial charge in [-0.25, -0.2) is 9.59 Å². The molecule has 0 aromatic heterocycles. The van der Waals surface area contributed by atoms with Crippen LogP contribution in [0.4, 0.5) is 0 Å². The first-order chi connectivity index (χ1) is 14.5. The molecule has 0 aliphatic carbocycles. The van der Waals surface area contributed by atoms with Crippen LogP contribution in [0, 0.1) is 0 Å². The van der Waals surface area contributed by atoms with Crippen molar-refractivity contribution in [3.63, 3.8) is 0 Å². The Hall–Kier alpha value is -1.40. The fourth-order valence-electron chi connectivity index (χ4n) is 3.72. The van der Waals surface area contributed by atoms with Gasteiger partial charge in [-0.05, 0) is 38.5 Å². The zero-order chi connectivity index (χ0) is 22.5. The summed E-state index contributed by atoms with van der Waals surface area (Å²) in [6.45, 7) is 0.503.